The van der Waals surface area contributed by atoms with Gasteiger partial charge in [-0.25, -0.2) is 4.68 Å². The Bertz CT molecular complexity index is 658. The Kier molecular flexibility index (Phi) is 4.50. The van der Waals surface area contributed by atoms with Gasteiger partial charge in [0.25, 0.3) is 0 Å². The molecular formula is C19H30N2OSi. The molecule has 1 aromatic heterocycles. The lowest BCUT2D eigenvalue weighted by Crippen LogP contribution is -2.43. The summed E-state index contributed by atoms with van der Waals surface area (Å²) < 4.78 is 8.25. The topological polar surface area (TPSA) is 27.1 Å². The second-order valence-corrected chi connectivity index (χ2v) is 13.5. The largest absolute Gasteiger partial charge is 0.544 e. The molecule has 0 N–H and O–H groups in total. The van der Waals surface area contributed by atoms with Crippen LogP contribution in [0.3, 0.4) is 0 Å². The predicted molar refractivity (Wildman–Crippen MR) is 100 cm³/mol. The highest BCUT2D eigenvalue weighted by molar-refractivity contribution is 6.74. The molecule has 126 valence electrons. The standard InChI is InChI=1S/C19H30N2OSi/c1-18(2,3)17-13-14-21(20-17)15-9-11-16(12-10-15)22-23(7,8)19(4,5)6/h9-14H,1-8H3. The van der Waals surface area contributed by atoms with E-state index in [0.29, 0.717) is 0 Å². The minimum absolute atomic E-state index is 0.0661. The lowest BCUT2D eigenvalue weighted by Gasteiger charge is -2.36. The number of hydrogen-bond acceptors (Lipinski definition) is 2. The van der Waals surface area contributed by atoms with Crippen LogP contribution in [0.4, 0.5) is 0 Å². The summed E-state index contributed by atoms with van der Waals surface area (Å²) in [6.07, 6.45) is 2.02. The molecule has 0 aliphatic heterocycles. The summed E-state index contributed by atoms with van der Waals surface area (Å²) in [6.45, 7) is 17.8. The van der Waals surface area contributed by atoms with Crippen molar-refractivity contribution in [3.05, 3.63) is 42.2 Å². The second kappa shape index (κ2) is 5.82. The average molecular weight is 331 g/mol. The highest BCUT2D eigenvalue weighted by Crippen LogP contribution is 2.37. The Morgan fingerprint density at radius 2 is 1.48 bits per heavy atom. The van der Waals surface area contributed by atoms with Crippen molar-refractivity contribution >= 4 is 8.32 Å². The lowest BCUT2D eigenvalue weighted by atomic mass is 9.93. The van der Waals surface area contributed by atoms with Crippen LogP contribution in [0, 0.1) is 0 Å². The maximum atomic E-state index is 6.33. The summed E-state index contributed by atoms with van der Waals surface area (Å²) in [5.74, 6) is 0.948. The van der Waals surface area contributed by atoms with Gasteiger partial charge in [0.1, 0.15) is 5.75 Å². The van der Waals surface area contributed by atoms with Crippen molar-refractivity contribution in [2.45, 2.75) is 65.1 Å². The molecule has 0 amide bonds. The van der Waals surface area contributed by atoms with Crippen LogP contribution in [0.5, 0.6) is 5.75 Å². The number of hydrogen-bond donors (Lipinski definition) is 0. The molecule has 0 radical (unpaired) electrons. The fourth-order valence-electron chi connectivity index (χ4n) is 1.98. The van der Waals surface area contributed by atoms with Crippen molar-refractivity contribution < 1.29 is 4.43 Å². The molecule has 0 atom stereocenters. The third kappa shape index (κ3) is 4.05. The molecule has 0 aliphatic carbocycles. The molecule has 0 fully saturated rings. The first kappa shape index (κ1) is 17.8. The normalized spacial score (nSPS) is 13.2. The van der Waals surface area contributed by atoms with Crippen LogP contribution in [0.1, 0.15) is 47.2 Å². The molecule has 0 spiro atoms. The van der Waals surface area contributed by atoms with E-state index in [-0.39, 0.29) is 10.5 Å². The summed E-state index contributed by atoms with van der Waals surface area (Å²) in [5.41, 5.74) is 2.22. The van der Waals surface area contributed by atoms with E-state index in [0.717, 1.165) is 17.1 Å². The van der Waals surface area contributed by atoms with Gasteiger partial charge in [-0.3, -0.25) is 0 Å². The van der Waals surface area contributed by atoms with Gasteiger partial charge in [0.15, 0.2) is 0 Å². The molecular weight excluding hydrogens is 300 g/mol. The van der Waals surface area contributed by atoms with Crippen LogP contribution in [0.15, 0.2) is 36.5 Å². The predicted octanol–water partition coefficient (Wildman–Crippen LogP) is 5.55. The highest BCUT2D eigenvalue weighted by atomic mass is 28.4. The maximum absolute atomic E-state index is 6.33. The Balaban J connectivity index is 2.19. The van der Waals surface area contributed by atoms with Crippen LogP contribution in [0.2, 0.25) is 18.1 Å². The van der Waals surface area contributed by atoms with Gasteiger partial charge in [0.2, 0.25) is 8.32 Å². The van der Waals surface area contributed by atoms with Crippen LogP contribution >= 0.6 is 0 Å². The van der Waals surface area contributed by atoms with Gasteiger partial charge in [-0.1, -0.05) is 41.5 Å². The van der Waals surface area contributed by atoms with Crippen LogP contribution in [-0.2, 0) is 5.41 Å². The third-order valence-electron chi connectivity index (χ3n) is 4.64. The Labute approximate surface area is 141 Å². The molecule has 0 saturated heterocycles. The first-order valence-electron chi connectivity index (χ1n) is 8.26. The van der Waals surface area contributed by atoms with E-state index in [4.69, 9.17) is 4.43 Å². The first-order valence-corrected chi connectivity index (χ1v) is 11.2. The summed E-state index contributed by atoms with van der Waals surface area (Å²) in [7, 11) is -1.79. The Morgan fingerprint density at radius 3 is 1.91 bits per heavy atom. The summed E-state index contributed by atoms with van der Waals surface area (Å²) in [4.78, 5) is 0. The van der Waals surface area contributed by atoms with E-state index in [2.05, 4.69) is 77.9 Å². The van der Waals surface area contributed by atoms with Gasteiger partial charge in [-0.15, -0.1) is 0 Å². The average Bonchev–Trinajstić information content (AvgIpc) is 2.87. The molecule has 2 rings (SSSR count). The summed E-state index contributed by atoms with van der Waals surface area (Å²) >= 11 is 0. The highest BCUT2D eigenvalue weighted by Gasteiger charge is 2.38. The van der Waals surface area contributed by atoms with Crippen molar-refractivity contribution in [2.24, 2.45) is 0 Å². The van der Waals surface area contributed by atoms with Crippen LogP contribution in [-0.4, -0.2) is 18.1 Å². The zero-order valence-electron chi connectivity index (χ0n) is 15.8. The van der Waals surface area contributed by atoms with Gasteiger partial charge in [-0.05, 0) is 48.5 Å². The minimum atomic E-state index is -1.79. The summed E-state index contributed by atoms with van der Waals surface area (Å²) in [6, 6.07) is 10.3. The Hall–Kier alpha value is -1.55. The summed E-state index contributed by atoms with van der Waals surface area (Å²) in [5, 5.41) is 4.88. The number of rotatable bonds is 3. The molecule has 0 aliphatic rings. The van der Waals surface area contributed by atoms with Gasteiger partial charge < -0.3 is 4.43 Å². The van der Waals surface area contributed by atoms with Gasteiger partial charge >= 0.3 is 0 Å². The fourth-order valence-corrected chi connectivity index (χ4v) is 3.01. The van der Waals surface area contributed by atoms with E-state index in [1.54, 1.807) is 0 Å². The van der Waals surface area contributed by atoms with Crippen molar-refractivity contribution in [3.8, 4) is 11.4 Å². The fraction of sp³-hybridized carbons (Fsp3) is 0.526. The second-order valence-electron chi connectivity index (χ2n) is 8.75. The van der Waals surface area contributed by atoms with E-state index in [9.17, 15) is 0 Å². The quantitative estimate of drug-likeness (QED) is 0.689. The SMILES string of the molecule is CC(C)(C)c1ccn(-c2ccc(O[Si](C)(C)C(C)(C)C)cc2)n1. The molecule has 2 aromatic rings. The molecule has 0 bridgehead atoms. The van der Waals surface area contributed by atoms with Crippen LogP contribution in [0.25, 0.3) is 5.69 Å². The molecule has 23 heavy (non-hydrogen) atoms. The molecule has 4 heteroatoms. The van der Waals surface area contributed by atoms with E-state index >= 15 is 0 Å². The molecule has 1 heterocycles. The van der Waals surface area contributed by atoms with Gasteiger partial charge in [-0.2, -0.15) is 5.10 Å². The monoisotopic (exact) mass is 330 g/mol. The molecule has 0 unspecified atom stereocenters. The van der Waals surface area contributed by atoms with E-state index in [1.807, 2.05) is 23.0 Å². The smallest absolute Gasteiger partial charge is 0.250 e. The van der Waals surface area contributed by atoms with Gasteiger partial charge in [0.05, 0.1) is 11.4 Å². The molecule has 3 nitrogen and oxygen atoms in total. The minimum Gasteiger partial charge on any atom is -0.544 e. The number of nitrogens with zero attached hydrogens (tertiary/aromatic N) is 2. The molecule has 1 aromatic carbocycles. The molecule has 0 saturated carbocycles. The zero-order chi connectivity index (χ0) is 17.5. The first-order chi connectivity index (χ1) is 10.4. The van der Waals surface area contributed by atoms with Crippen molar-refractivity contribution in [1.82, 2.24) is 9.78 Å². The van der Waals surface area contributed by atoms with Gasteiger partial charge in [0, 0.05) is 11.6 Å². The third-order valence-corrected chi connectivity index (χ3v) is 9.00. The van der Waals surface area contributed by atoms with E-state index < -0.39 is 8.32 Å². The van der Waals surface area contributed by atoms with Crippen molar-refractivity contribution in [1.29, 1.82) is 0 Å². The van der Waals surface area contributed by atoms with Crippen molar-refractivity contribution in [3.63, 3.8) is 0 Å². The number of benzene rings is 1. The zero-order valence-corrected chi connectivity index (χ0v) is 16.8. The number of aromatic nitrogens is 2. The van der Waals surface area contributed by atoms with Crippen molar-refractivity contribution in [2.75, 3.05) is 0 Å². The maximum Gasteiger partial charge on any atom is 0.250 e. The van der Waals surface area contributed by atoms with E-state index in [1.165, 1.54) is 0 Å². The Morgan fingerprint density at radius 1 is 0.913 bits per heavy atom. The van der Waals surface area contributed by atoms with Crippen LogP contribution < -0.4 is 4.43 Å². The lowest BCUT2D eigenvalue weighted by molar-refractivity contribution is 0.492.